The minimum absolute atomic E-state index is 0.281. The molecule has 0 amide bonds. The molecule has 14 heavy (non-hydrogen) atoms. The summed E-state index contributed by atoms with van der Waals surface area (Å²) in [4.78, 5) is 0. The van der Waals surface area contributed by atoms with E-state index < -0.39 is 0 Å². The Hall–Kier alpha value is -0.940. The van der Waals surface area contributed by atoms with Crippen LogP contribution in [0.2, 0.25) is 0 Å². The number of ether oxygens (including phenoxy) is 1. The van der Waals surface area contributed by atoms with E-state index in [1.807, 2.05) is 7.05 Å². The van der Waals surface area contributed by atoms with Gasteiger partial charge in [-0.2, -0.15) is 0 Å². The number of hydrogen-bond acceptors (Lipinski definition) is 5. The van der Waals surface area contributed by atoms with E-state index in [4.69, 9.17) is 9.15 Å². The summed E-state index contributed by atoms with van der Waals surface area (Å²) in [5.41, 5.74) is 0. The maximum absolute atomic E-state index is 5.49. The van der Waals surface area contributed by atoms with E-state index in [0.717, 1.165) is 6.42 Å². The Morgan fingerprint density at radius 2 is 2.36 bits per heavy atom. The largest absolute Gasteiger partial charge is 0.423 e. The topological polar surface area (TPSA) is 60.2 Å². The summed E-state index contributed by atoms with van der Waals surface area (Å²) in [6.07, 6.45) is 1.28. The number of nitrogens with zero attached hydrogens (tertiary/aromatic N) is 2. The molecule has 0 bridgehead atoms. The van der Waals surface area contributed by atoms with E-state index in [-0.39, 0.29) is 5.92 Å². The van der Waals surface area contributed by atoms with Crippen molar-refractivity contribution in [1.29, 1.82) is 0 Å². The molecule has 1 aliphatic heterocycles. The summed E-state index contributed by atoms with van der Waals surface area (Å²) in [7, 11) is 1.85. The van der Waals surface area contributed by atoms with Crippen molar-refractivity contribution in [2.75, 3.05) is 13.7 Å². The fourth-order valence-electron chi connectivity index (χ4n) is 1.64. The van der Waals surface area contributed by atoms with Gasteiger partial charge in [-0.05, 0) is 20.4 Å². The van der Waals surface area contributed by atoms with Gasteiger partial charge in [0.25, 0.3) is 0 Å². The molecule has 0 aromatic carbocycles. The first-order valence-electron chi connectivity index (χ1n) is 4.88. The SMILES string of the molecule is CNCc1nnc(C2COC(C)C2)o1. The fraction of sp³-hybridized carbons (Fsp3) is 0.778. The van der Waals surface area contributed by atoms with Crippen LogP contribution in [-0.2, 0) is 11.3 Å². The summed E-state index contributed by atoms with van der Waals surface area (Å²) in [6, 6.07) is 0. The van der Waals surface area contributed by atoms with E-state index in [1.165, 1.54) is 0 Å². The first kappa shape index (κ1) is 9.61. The normalized spacial score (nSPS) is 27.0. The molecule has 1 aromatic heterocycles. The average Bonchev–Trinajstić information content (AvgIpc) is 2.74. The molecule has 0 aliphatic carbocycles. The van der Waals surface area contributed by atoms with Crippen molar-refractivity contribution < 1.29 is 9.15 Å². The van der Waals surface area contributed by atoms with E-state index in [0.29, 0.717) is 31.0 Å². The zero-order chi connectivity index (χ0) is 9.97. The summed E-state index contributed by atoms with van der Waals surface area (Å²) in [5.74, 6) is 1.63. The van der Waals surface area contributed by atoms with Crippen molar-refractivity contribution in [3.05, 3.63) is 11.8 Å². The molecule has 1 saturated heterocycles. The molecular weight excluding hydrogens is 182 g/mol. The highest BCUT2D eigenvalue weighted by molar-refractivity contribution is 4.95. The third-order valence-corrected chi connectivity index (χ3v) is 2.36. The van der Waals surface area contributed by atoms with Gasteiger partial charge in [-0.1, -0.05) is 0 Å². The van der Waals surface area contributed by atoms with Gasteiger partial charge in [0.2, 0.25) is 11.8 Å². The van der Waals surface area contributed by atoms with Crippen LogP contribution in [0.25, 0.3) is 0 Å². The van der Waals surface area contributed by atoms with Gasteiger partial charge in [0.15, 0.2) is 0 Å². The number of rotatable bonds is 3. The van der Waals surface area contributed by atoms with Crippen LogP contribution in [0, 0.1) is 0 Å². The van der Waals surface area contributed by atoms with Gasteiger partial charge in [-0.3, -0.25) is 0 Å². The lowest BCUT2D eigenvalue weighted by molar-refractivity contribution is 0.122. The molecule has 2 rings (SSSR count). The van der Waals surface area contributed by atoms with Gasteiger partial charge >= 0.3 is 0 Å². The highest BCUT2D eigenvalue weighted by Crippen LogP contribution is 2.27. The first-order valence-corrected chi connectivity index (χ1v) is 4.88. The maximum atomic E-state index is 5.49. The molecule has 1 aromatic rings. The molecule has 1 fully saturated rings. The van der Waals surface area contributed by atoms with Crippen LogP contribution in [-0.4, -0.2) is 30.0 Å². The zero-order valence-corrected chi connectivity index (χ0v) is 8.49. The number of hydrogen-bond donors (Lipinski definition) is 1. The van der Waals surface area contributed by atoms with Gasteiger partial charge < -0.3 is 14.5 Å². The third kappa shape index (κ3) is 1.93. The zero-order valence-electron chi connectivity index (χ0n) is 8.49. The lowest BCUT2D eigenvalue weighted by Crippen LogP contribution is -2.04. The molecule has 0 saturated carbocycles. The summed E-state index contributed by atoms with van der Waals surface area (Å²) < 4.78 is 10.9. The second-order valence-corrected chi connectivity index (χ2v) is 3.64. The smallest absolute Gasteiger partial charge is 0.230 e. The minimum atomic E-state index is 0.281. The molecule has 1 N–H and O–H groups in total. The summed E-state index contributed by atoms with van der Waals surface area (Å²) in [6.45, 7) is 3.38. The van der Waals surface area contributed by atoms with Gasteiger partial charge in [0.05, 0.1) is 25.2 Å². The Labute approximate surface area is 82.8 Å². The Morgan fingerprint density at radius 3 is 3.00 bits per heavy atom. The van der Waals surface area contributed by atoms with Crippen LogP contribution in [0.3, 0.4) is 0 Å². The van der Waals surface area contributed by atoms with Gasteiger partial charge in [0.1, 0.15) is 0 Å². The predicted octanol–water partition coefficient (Wildman–Crippen LogP) is 0.681. The Balaban J connectivity index is 2.02. The van der Waals surface area contributed by atoms with Crippen molar-refractivity contribution in [1.82, 2.24) is 15.5 Å². The lowest BCUT2D eigenvalue weighted by atomic mass is 10.1. The molecule has 0 spiro atoms. The van der Waals surface area contributed by atoms with Crippen LogP contribution < -0.4 is 5.32 Å². The van der Waals surface area contributed by atoms with Crippen molar-refractivity contribution in [3.63, 3.8) is 0 Å². The van der Waals surface area contributed by atoms with Crippen LogP contribution in [0.15, 0.2) is 4.42 Å². The Morgan fingerprint density at radius 1 is 1.50 bits per heavy atom. The van der Waals surface area contributed by atoms with Crippen LogP contribution in [0.1, 0.15) is 31.0 Å². The van der Waals surface area contributed by atoms with Gasteiger partial charge in [0, 0.05) is 0 Å². The molecule has 78 valence electrons. The molecule has 2 unspecified atom stereocenters. The molecule has 0 radical (unpaired) electrons. The molecular formula is C9H15N3O2. The molecule has 1 aliphatic rings. The van der Waals surface area contributed by atoms with Crippen LogP contribution in [0.5, 0.6) is 0 Å². The highest BCUT2D eigenvalue weighted by Gasteiger charge is 2.27. The predicted molar refractivity (Wildman–Crippen MR) is 49.8 cm³/mol. The fourth-order valence-corrected chi connectivity index (χ4v) is 1.64. The molecule has 2 heterocycles. The number of aromatic nitrogens is 2. The van der Waals surface area contributed by atoms with Gasteiger partial charge in [-0.25, -0.2) is 0 Å². The Kier molecular flexibility index (Phi) is 2.79. The summed E-state index contributed by atoms with van der Waals surface area (Å²) >= 11 is 0. The van der Waals surface area contributed by atoms with Crippen LogP contribution in [0.4, 0.5) is 0 Å². The van der Waals surface area contributed by atoms with Crippen molar-refractivity contribution >= 4 is 0 Å². The summed E-state index contributed by atoms with van der Waals surface area (Å²) in [5, 5.41) is 10.9. The second kappa shape index (κ2) is 4.06. The van der Waals surface area contributed by atoms with E-state index >= 15 is 0 Å². The molecule has 2 atom stereocenters. The van der Waals surface area contributed by atoms with Crippen molar-refractivity contribution in [2.45, 2.75) is 31.9 Å². The van der Waals surface area contributed by atoms with Gasteiger partial charge in [-0.15, -0.1) is 10.2 Å². The standard InChI is InChI=1S/C9H15N3O2/c1-6-3-7(5-13-6)9-12-11-8(14-9)4-10-2/h6-7,10H,3-5H2,1-2H3. The van der Waals surface area contributed by atoms with Crippen molar-refractivity contribution in [3.8, 4) is 0 Å². The second-order valence-electron chi connectivity index (χ2n) is 3.64. The molecule has 5 heteroatoms. The van der Waals surface area contributed by atoms with Crippen molar-refractivity contribution in [2.24, 2.45) is 0 Å². The number of nitrogens with one attached hydrogen (secondary N) is 1. The Bertz CT molecular complexity index is 300. The van der Waals surface area contributed by atoms with E-state index in [2.05, 4.69) is 22.4 Å². The van der Waals surface area contributed by atoms with Crippen LogP contribution >= 0.6 is 0 Å². The van der Waals surface area contributed by atoms with E-state index in [1.54, 1.807) is 0 Å². The highest BCUT2D eigenvalue weighted by atomic mass is 16.5. The third-order valence-electron chi connectivity index (χ3n) is 2.36. The quantitative estimate of drug-likeness (QED) is 0.772. The minimum Gasteiger partial charge on any atom is -0.423 e. The maximum Gasteiger partial charge on any atom is 0.230 e. The lowest BCUT2D eigenvalue weighted by Gasteiger charge is -1.99. The monoisotopic (exact) mass is 197 g/mol. The molecule has 5 nitrogen and oxygen atoms in total. The first-order chi connectivity index (χ1) is 6.79. The van der Waals surface area contributed by atoms with E-state index in [9.17, 15) is 0 Å². The average molecular weight is 197 g/mol.